The second-order valence-electron chi connectivity index (χ2n) is 7.64. The first-order valence-corrected chi connectivity index (χ1v) is 11.6. The Kier molecular flexibility index (Phi) is 4.73. The fourth-order valence-electron chi connectivity index (χ4n) is 4.31. The summed E-state index contributed by atoms with van der Waals surface area (Å²) in [5, 5.41) is 4.79. The van der Waals surface area contributed by atoms with Gasteiger partial charge in [-0.15, -0.1) is 0 Å². The van der Waals surface area contributed by atoms with E-state index >= 15 is 0 Å². The molecule has 146 valence electrons. The molecule has 0 aromatic heterocycles. The van der Waals surface area contributed by atoms with Crippen molar-refractivity contribution < 1.29 is 4.57 Å². The summed E-state index contributed by atoms with van der Waals surface area (Å²) in [4.78, 5) is 0. The van der Waals surface area contributed by atoms with Gasteiger partial charge in [-0.25, -0.2) is 9.34 Å². The minimum Gasteiger partial charge on any atom is -0.271 e. The number of rotatable bonds is 4. The summed E-state index contributed by atoms with van der Waals surface area (Å²) in [5.41, 5.74) is 8.79. The molecule has 0 bridgehead atoms. The Bertz CT molecular complexity index is 1140. The molecule has 29 heavy (non-hydrogen) atoms. The zero-order chi connectivity index (χ0) is 19.8. The maximum atomic E-state index is 13.6. The standard InChI is InChI=1S/C24H24N3OP/c25-29(28)26(17-21-11-5-9-19-7-1-3-13-23(19)21)15-16-27(29)18-22-12-6-10-20-8-2-4-14-24(20)22/h1-14H,15-18H2,(H2,25,28). The Morgan fingerprint density at radius 3 is 1.55 bits per heavy atom. The fourth-order valence-corrected chi connectivity index (χ4v) is 6.13. The van der Waals surface area contributed by atoms with Gasteiger partial charge in [0.05, 0.1) is 0 Å². The predicted molar refractivity (Wildman–Crippen MR) is 121 cm³/mol. The molecule has 5 rings (SSSR count). The number of hydrogen-bond acceptors (Lipinski definition) is 1. The summed E-state index contributed by atoms with van der Waals surface area (Å²) < 4.78 is 17.5. The fraction of sp³-hybridized carbons (Fsp3) is 0.167. The highest BCUT2D eigenvalue weighted by Gasteiger charge is 2.39. The van der Waals surface area contributed by atoms with Crippen LogP contribution in [-0.4, -0.2) is 22.4 Å². The predicted octanol–water partition coefficient (Wildman–Crippen LogP) is 5.38. The molecule has 4 nitrogen and oxygen atoms in total. The van der Waals surface area contributed by atoms with Crippen LogP contribution >= 0.6 is 7.59 Å². The monoisotopic (exact) mass is 401 g/mol. The van der Waals surface area contributed by atoms with Crippen molar-refractivity contribution in [3.05, 3.63) is 96.1 Å². The normalized spacial score (nSPS) is 17.3. The third-order valence-electron chi connectivity index (χ3n) is 5.89. The topological polar surface area (TPSA) is 49.6 Å². The molecule has 1 aliphatic rings. The lowest BCUT2D eigenvalue weighted by Gasteiger charge is -2.27. The molecule has 0 saturated carbocycles. The van der Waals surface area contributed by atoms with Crippen LogP contribution in [0.3, 0.4) is 0 Å². The van der Waals surface area contributed by atoms with E-state index in [4.69, 9.17) is 5.50 Å². The minimum atomic E-state index is -3.08. The lowest BCUT2D eigenvalue weighted by Crippen LogP contribution is -2.24. The smallest absolute Gasteiger partial charge is 0.271 e. The van der Waals surface area contributed by atoms with E-state index in [1.54, 1.807) is 0 Å². The van der Waals surface area contributed by atoms with Gasteiger partial charge < -0.3 is 0 Å². The van der Waals surface area contributed by atoms with Crippen LogP contribution in [-0.2, 0) is 17.7 Å². The van der Waals surface area contributed by atoms with E-state index in [2.05, 4.69) is 60.7 Å². The highest BCUT2D eigenvalue weighted by Crippen LogP contribution is 2.51. The number of hydrogen-bond donors (Lipinski definition) is 1. The van der Waals surface area contributed by atoms with Crippen LogP contribution in [0.2, 0.25) is 0 Å². The number of benzene rings is 4. The molecule has 1 fully saturated rings. The van der Waals surface area contributed by atoms with Crippen molar-refractivity contribution in [3.63, 3.8) is 0 Å². The molecule has 0 aliphatic carbocycles. The first-order valence-electron chi connectivity index (χ1n) is 9.96. The third-order valence-corrected chi connectivity index (χ3v) is 8.20. The summed E-state index contributed by atoms with van der Waals surface area (Å²) >= 11 is 0. The van der Waals surface area contributed by atoms with Gasteiger partial charge in [0.1, 0.15) is 0 Å². The highest BCUT2D eigenvalue weighted by molar-refractivity contribution is 7.56. The summed E-state index contributed by atoms with van der Waals surface area (Å²) in [6.45, 7) is 2.62. The Labute approximate surface area is 171 Å². The average Bonchev–Trinajstić information content (AvgIpc) is 3.02. The van der Waals surface area contributed by atoms with E-state index < -0.39 is 7.59 Å². The quantitative estimate of drug-likeness (QED) is 0.467. The Hall–Kier alpha value is -2.49. The molecule has 0 radical (unpaired) electrons. The van der Waals surface area contributed by atoms with Crippen LogP contribution in [0.4, 0.5) is 0 Å². The maximum Gasteiger partial charge on any atom is 0.282 e. The van der Waals surface area contributed by atoms with Crippen LogP contribution < -0.4 is 5.50 Å². The van der Waals surface area contributed by atoms with Gasteiger partial charge >= 0.3 is 0 Å². The SMILES string of the molecule is NP1(=O)N(Cc2cccc3ccccc23)CCN1Cc1cccc2ccccc12. The zero-order valence-corrected chi connectivity index (χ0v) is 17.1. The van der Waals surface area contributed by atoms with Crippen LogP contribution in [0.5, 0.6) is 0 Å². The summed E-state index contributed by atoms with van der Waals surface area (Å²) in [6, 6.07) is 29.2. The summed E-state index contributed by atoms with van der Waals surface area (Å²) in [5.74, 6) is 0. The lowest BCUT2D eigenvalue weighted by atomic mass is 10.0. The lowest BCUT2D eigenvalue weighted by molar-refractivity contribution is 0.435. The van der Waals surface area contributed by atoms with Crippen LogP contribution in [0.25, 0.3) is 21.5 Å². The van der Waals surface area contributed by atoms with Crippen LogP contribution in [0.1, 0.15) is 11.1 Å². The molecule has 4 aromatic rings. The van der Waals surface area contributed by atoms with Gasteiger partial charge in [-0.2, -0.15) is 0 Å². The van der Waals surface area contributed by atoms with Crippen molar-refractivity contribution in [2.24, 2.45) is 5.50 Å². The summed E-state index contributed by atoms with van der Waals surface area (Å²) in [7, 11) is -3.08. The van der Waals surface area contributed by atoms with Crippen LogP contribution in [0, 0.1) is 0 Å². The van der Waals surface area contributed by atoms with E-state index in [1.165, 1.54) is 32.7 Å². The van der Waals surface area contributed by atoms with E-state index in [0.717, 1.165) is 0 Å². The second kappa shape index (κ2) is 7.40. The highest BCUT2D eigenvalue weighted by atomic mass is 31.2. The molecular formula is C24H24N3OP. The Balaban J connectivity index is 1.41. The number of nitrogens with zero attached hydrogens (tertiary/aromatic N) is 2. The average molecular weight is 401 g/mol. The number of fused-ring (bicyclic) bond motifs is 2. The molecule has 2 N–H and O–H groups in total. The summed E-state index contributed by atoms with van der Waals surface area (Å²) in [6.07, 6.45) is 0. The van der Waals surface area contributed by atoms with Gasteiger partial charge in [-0.05, 0) is 32.7 Å². The van der Waals surface area contributed by atoms with Crippen molar-refractivity contribution >= 4 is 29.1 Å². The van der Waals surface area contributed by atoms with E-state index in [1.807, 2.05) is 33.6 Å². The molecule has 0 amide bonds. The molecule has 1 saturated heterocycles. The van der Waals surface area contributed by atoms with Gasteiger partial charge in [-0.3, -0.25) is 10.1 Å². The molecule has 5 heteroatoms. The second-order valence-corrected chi connectivity index (χ2v) is 9.95. The van der Waals surface area contributed by atoms with Crippen molar-refractivity contribution in [1.82, 2.24) is 9.34 Å². The van der Waals surface area contributed by atoms with E-state index in [0.29, 0.717) is 26.2 Å². The molecule has 0 unspecified atom stereocenters. The van der Waals surface area contributed by atoms with Gasteiger partial charge in [0.15, 0.2) is 0 Å². The van der Waals surface area contributed by atoms with Crippen LogP contribution in [0.15, 0.2) is 84.9 Å². The minimum absolute atomic E-state index is 0.598. The van der Waals surface area contributed by atoms with Gasteiger partial charge in [0, 0.05) is 26.2 Å². The Morgan fingerprint density at radius 1 is 0.655 bits per heavy atom. The van der Waals surface area contributed by atoms with Gasteiger partial charge in [-0.1, -0.05) is 84.9 Å². The van der Waals surface area contributed by atoms with Crippen molar-refractivity contribution in [2.75, 3.05) is 13.1 Å². The zero-order valence-electron chi connectivity index (χ0n) is 16.2. The Morgan fingerprint density at radius 2 is 1.07 bits per heavy atom. The molecule has 1 heterocycles. The van der Waals surface area contributed by atoms with Gasteiger partial charge in [0.2, 0.25) is 0 Å². The van der Waals surface area contributed by atoms with Crippen molar-refractivity contribution in [1.29, 1.82) is 0 Å². The first kappa shape index (κ1) is 18.5. The largest absolute Gasteiger partial charge is 0.282 e. The van der Waals surface area contributed by atoms with Gasteiger partial charge in [0.25, 0.3) is 7.59 Å². The van der Waals surface area contributed by atoms with E-state index in [9.17, 15) is 4.57 Å². The van der Waals surface area contributed by atoms with Crippen molar-refractivity contribution in [3.8, 4) is 0 Å². The molecule has 0 atom stereocenters. The maximum absolute atomic E-state index is 13.6. The molecule has 1 aliphatic heterocycles. The third kappa shape index (κ3) is 3.39. The first-order chi connectivity index (χ1) is 14.1. The van der Waals surface area contributed by atoms with Crippen molar-refractivity contribution in [2.45, 2.75) is 13.1 Å². The molecule has 0 spiro atoms. The molecular weight excluding hydrogens is 377 g/mol. The van der Waals surface area contributed by atoms with E-state index in [-0.39, 0.29) is 0 Å². The number of nitrogens with two attached hydrogens (primary N) is 1. The molecule has 4 aromatic carbocycles.